The van der Waals surface area contributed by atoms with Crippen molar-refractivity contribution in [2.24, 2.45) is 0 Å². The molecule has 0 atom stereocenters. The first-order valence-electron chi connectivity index (χ1n) is 1.30. The van der Waals surface area contributed by atoms with E-state index in [2.05, 4.69) is 0 Å². The quantitative estimate of drug-likeness (QED) is 0.487. The Hall–Kier alpha value is 0.988. The van der Waals surface area contributed by atoms with Gasteiger partial charge in [-0.05, 0) is 0 Å². The van der Waals surface area contributed by atoms with Gasteiger partial charge in [0, 0.05) is 0 Å². The Morgan fingerprint density at radius 3 is 1.50 bits per heavy atom. The van der Waals surface area contributed by atoms with Crippen LogP contribution in [0, 0.1) is 0 Å². The molecule has 0 saturated heterocycles. The van der Waals surface area contributed by atoms with Crippen LogP contribution in [0.4, 0.5) is 0 Å². The summed E-state index contributed by atoms with van der Waals surface area (Å²) in [6, 6.07) is 0. The maximum atomic E-state index is 9.01. The molecule has 0 N–H and O–H groups in total. The Balaban J connectivity index is -0.0000000542. The Kier molecular flexibility index (Phi) is 87.3. The third kappa shape index (κ3) is 63.4. The number of hydrogen-bond donors (Lipinski definition) is 0. The third-order valence-electron chi connectivity index (χ3n) is 0.0556. The molecule has 0 fully saturated rings. The first kappa shape index (κ1) is 16.0. The number of rotatable bonds is 1. The van der Waals surface area contributed by atoms with Crippen molar-refractivity contribution in [1.29, 1.82) is 0 Å². The van der Waals surface area contributed by atoms with Gasteiger partial charge in [-0.3, -0.25) is 0 Å². The summed E-state index contributed by atoms with van der Waals surface area (Å²) in [5.41, 5.74) is 0. The minimum atomic E-state index is -1.15. The summed E-state index contributed by atoms with van der Waals surface area (Å²) in [7, 11) is -1.15. The molecule has 0 unspecified atom stereocenters. The van der Waals surface area contributed by atoms with Crippen LogP contribution >= 0.6 is 0 Å². The summed E-state index contributed by atoms with van der Waals surface area (Å²) in [5, 5.41) is 0. The van der Waals surface area contributed by atoms with Gasteiger partial charge in [-0.2, -0.15) is 0 Å². The third-order valence-corrected chi connectivity index (χ3v) is 0.167. The first-order valence-corrected chi connectivity index (χ1v) is 5.23. The molecule has 8 heteroatoms. The molecule has 0 bridgehead atoms. The van der Waals surface area contributed by atoms with Crippen molar-refractivity contribution in [3.63, 3.8) is 0 Å². The molecule has 0 heterocycles. The van der Waals surface area contributed by atoms with Crippen LogP contribution < -0.4 is 0 Å². The molecule has 4 nitrogen and oxygen atoms in total. The summed E-state index contributed by atoms with van der Waals surface area (Å²) in [5.74, 6) is 0. The van der Waals surface area contributed by atoms with E-state index in [9.17, 15) is 0 Å². The summed E-state index contributed by atoms with van der Waals surface area (Å²) in [4.78, 5) is 0. The van der Waals surface area contributed by atoms with Gasteiger partial charge in [0.25, 0.3) is 0 Å². The minimum absolute atomic E-state index is 0.0556. The Morgan fingerprint density at radius 1 is 1.38 bits per heavy atom. The van der Waals surface area contributed by atoms with Crippen LogP contribution in [0.3, 0.4) is 0 Å². The van der Waals surface area contributed by atoms with Crippen molar-refractivity contribution in [3.8, 4) is 0 Å². The predicted octanol–water partition coefficient (Wildman–Crippen LogP) is -2.16. The fourth-order valence-electron chi connectivity index (χ4n) is 0. The Morgan fingerprint density at radius 2 is 1.50 bits per heavy atom. The van der Waals surface area contributed by atoms with E-state index in [4.69, 9.17) is 15.6 Å². The summed E-state index contributed by atoms with van der Waals surface area (Å²) >= 11 is 0.181. The van der Waals surface area contributed by atoms with Crippen molar-refractivity contribution in [2.45, 2.75) is 0 Å². The van der Waals surface area contributed by atoms with Gasteiger partial charge in [0.1, 0.15) is 0 Å². The molecular weight excluding hydrogens is 377 g/mol. The zero-order valence-corrected chi connectivity index (χ0v) is 12.0. The first-order chi connectivity index (χ1) is 3.91. The second kappa shape index (κ2) is 43.7. The van der Waals surface area contributed by atoms with E-state index in [1.54, 1.807) is 0 Å². The Labute approximate surface area is 74.1 Å². The normalized spacial score (nSPS) is 3.25. The van der Waals surface area contributed by atoms with Crippen LogP contribution in [0.2, 0.25) is 0 Å². The molecule has 0 spiro atoms. The van der Waals surface area contributed by atoms with E-state index in [1.807, 2.05) is 0 Å². The van der Waals surface area contributed by atoms with Gasteiger partial charge in [0.05, 0.1) is 0 Å². The van der Waals surface area contributed by atoms with Crippen LogP contribution in [0.25, 0.3) is 0 Å². The topological polar surface area (TPSA) is 68.3 Å². The molecule has 0 aromatic carbocycles. The van der Waals surface area contributed by atoms with Gasteiger partial charge < -0.3 is 0 Å². The van der Waals surface area contributed by atoms with E-state index >= 15 is 0 Å². The molecule has 0 aromatic heterocycles. The molecule has 0 aliphatic heterocycles. The second-order valence-corrected chi connectivity index (χ2v) is 0.816. The standard InChI is InChI=1S/BHO2Si.Bi.2O.Zn.H/c2-1-4-3;;;;;/h4H;;;;;. The molecule has 40 valence electrons. The monoisotopic (exact) mass is 378 g/mol. The van der Waals surface area contributed by atoms with Gasteiger partial charge in [-0.25, -0.2) is 0 Å². The molecule has 0 aromatic rings. The summed E-state index contributed by atoms with van der Waals surface area (Å²) in [6.45, 7) is 0.403. The van der Waals surface area contributed by atoms with Crippen LogP contribution in [0.5, 0.6) is 0 Å². The van der Waals surface area contributed by atoms with Crippen molar-refractivity contribution < 1.29 is 33.8 Å². The van der Waals surface area contributed by atoms with Crippen LogP contribution in [-0.4, -0.2) is 40.7 Å². The zero-order valence-electron chi connectivity index (χ0n) is 3.99. The molecule has 0 aliphatic rings. The van der Waals surface area contributed by atoms with Crippen LogP contribution in [-0.2, 0) is 33.8 Å². The zero-order chi connectivity index (χ0) is 7.41. The second-order valence-electron chi connectivity index (χ2n) is 0.272. The molecule has 0 aliphatic carbocycles. The van der Waals surface area contributed by atoms with Gasteiger partial charge in [0.15, 0.2) is 0 Å². The molecule has 8 heavy (non-hydrogen) atoms. The van der Waals surface area contributed by atoms with E-state index in [0.717, 1.165) is 0 Å². The summed E-state index contributed by atoms with van der Waals surface area (Å²) in [6.07, 6.45) is 0. The van der Waals surface area contributed by atoms with Crippen molar-refractivity contribution in [2.75, 3.05) is 0 Å². The van der Waals surface area contributed by atoms with Gasteiger partial charge in [0.2, 0.25) is 0 Å². The van der Waals surface area contributed by atoms with Gasteiger partial charge in [-0.1, -0.05) is 0 Å². The van der Waals surface area contributed by atoms with Crippen LogP contribution in [0.15, 0.2) is 0 Å². The number of hydrogen-bond acceptors (Lipinski definition) is 4. The molecule has 0 radical (unpaired) electrons. The average Bonchev–Trinajstić information content (AvgIpc) is 1.96. The fraction of sp³-hybridized carbons (Fsp3) is 0. The maximum absolute atomic E-state index is 9.01. The Bertz CT molecular complexity index is 52.0. The average molecular weight is 379 g/mol. The van der Waals surface area contributed by atoms with Gasteiger partial charge in [-0.15, -0.1) is 0 Å². The summed E-state index contributed by atoms with van der Waals surface area (Å²) < 4.78 is 34.7. The van der Waals surface area contributed by atoms with E-state index in [1.165, 1.54) is 0 Å². The molecular formula is H2BBiO4SiZn. The molecule has 0 saturated carbocycles. The SMILES string of the molecule is O=B[SiH]=O.[O]=[BiH].[O]=[Zn]. The van der Waals surface area contributed by atoms with Gasteiger partial charge >= 0.3 is 74.5 Å². The van der Waals surface area contributed by atoms with Crippen molar-refractivity contribution in [3.05, 3.63) is 0 Å². The van der Waals surface area contributed by atoms with E-state index in [-0.39, 0.29) is 43.0 Å². The van der Waals surface area contributed by atoms with Crippen molar-refractivity contribution in [1.82, 2.24) is 0 Å². The molecule has 0 rings (SSSR count). The van der Waals surface area contributed by atoms with Crippen LogP contribution in [0.1, 0.15) is 0 Å². The molecule has 0 amide bonds. The fourth-order valence-corrected chi connectivity index (χ4v) is 0. The van der Waals surface area contributed by atoms with Crippen molar-refractivity contribution >= 4 is 40.7 Å². The van der Waals surface area contributed by atoms with E-state index in [0.29, 0.717) is 6.74 Å². The predicted molar refractivity (Wildman–Crippen MR) is 22.8 cm³/mol. The van der Waals surface area contributed by atoms with E-state index < -0.39 is 9.28 Å².